The maximum atomic E-state index is 12.9. The fourth-order valence-corrected chi connectivity index (χ4v) is 3.28. The molecule has 0 bridgehead atoms. The second-order valence-corrected chi connectivity index (χ2v) is 7.40. The lowest BCUT2D eigenvalue weighted by Gasteiger charge is -2.32. The zero-order chi connectivity index (χ0) is 22.3. The predicted molar refractivity (Wildman–Crippen MR) is 130 cm³/mol. The molecule has 0 spiro atoms. The number of pyridine rings is 1. The molecule has 2 N–H and O–H groups in total. The number of aliphatic imine (C=N–C) groups is 1. The third kappa shape index (κ3) is 7.80. The maximum absolute atomic E-state index is 12.9. The minimum Gasteiger partial charge on any atom is -0.375 e. The van der Waals surface area contributed by atoms with E-state index in [1.54, 1.807) is 12.3 Å². The van der Waals surface area contributed by atoms with Gasteiger partial charge in [0.2, 0.25) is 0 Å². The van der Waals surface area contributed by atoms with Gasteiger partial charge in [-0.1, -0.05) is 18.2 Å². The highest BCUT2D eigenvalue weighted by molar-refractivity contribution is 14.0. The van der Waals surface area contributed by atoms with Gasteiger partial charge in [-0.3, -0.25) is 0 Å². The highest BCUT2D eigenvalue weighted by atomic mass is 127. The molecule has 1 saturated heterocycles. The van der Waals surface area contributed by atoms with Crippen LogP contribution in [0.1, 0.15) is 30.5 Å². The number of halogens is 4. The summed E-state index contributed by atoms with van der Waals surface area (Å²) in [5.74, 6) is 1.45. The smallest absolute Gasteiger partial charge is 0.375 e. The normalized spacial score (nSPS) is 17.0. The second-order valence-electron chi connectivity index (χ2n) is 7.40. The van der Waals surface area contributed by atoms with Gasteiger partial charge in [0.25, 0.3) is 0 Å². The van der Waals surface area contributed by atoms with Crippen LogP contribution in [0.2, 0.25) is 0 Å². The molecule has 0 radical (unpaired) electrons. The lowest BCUT2D eigenvalue weighted by atomic mass is 10.1. The Kier molecular flexibility index (Phi) is 10.0. The predicted octanol–water partition coefficient (Wildman–Crippen LogP) is 4.20. The average molecular weight is 563 g/mol. The molecule has 0 aliphatic carbocycles. The molecule has 2 heterocycles. The van der Waals surface area contributed by atoms with Crippen LogP contribution in [0.15, 0.2) is 47.6 Å². The summed E-state index contributed by atoms with van der Waals surface area (Å²) in [6, 6.07) is 9.24. The minimum absolute atomic E-state index is 0. The van der Waals surface area contributed by atoms with E-state index in [1.165, 1.54) is 6.07 Å². The zero-order valence-corrected chi connectivity index (χ0v) is 20.5. The summed E-state index contributed by atoms with van der Waals surface area (Å²) in [7, 11) is 0. The Bertz CT molecular complexity index is 877. The van der Waals surface area contributed by atoms with E-state index in [2.05, 4.69) is 25.5 Å². The molecule has 0 saturated carbocycles. The third-order valence-electron chi connectivity index (χ3n) is 4.85. The number of ether oxygens (including phenoxy) is 1. The number of guanidine groups is 1. The molecule has 176 valence electrons. The van der Waals surface area contributed by atoms with Crippen molar-refractivity contribution >= 4 is 35.8 Å². The van der Waals surface area contributed by atoms with Crippen LogP contribution in [0, 0.1) is 0 Å². The molecular weight excluding hydrogens is 534 g/mol. The molecule has 1 aromatic carbocycles. The average Bonchev–Trinajstić information content (AvgIpc) is 2.76. The molecule has 1 atom stereocenters. The first kappa shape index (κ1) is 26.2. The number of hydrogen-bond acceptors (Lipinski definition) is 4. The summed E-state index contributed by atoms with van der Waals surface area (Å²) >= 11 is 0. The van der Waals surface area contributed by atoms with E-state index in [1.807, 2.05) is 26.0 Å². The zero-order valence-electron chi connectivity index (χ0n) is 18.2. The van der Waals surface area contributed by atoms with Crippen molar-refractivity contribution in [3.05, 3.63) is 59.3 Å². The first-order valence-electron chi connectivity index (χ1n) is 10.3. The van der Waals surface area contributed by atoms with E-state index < -0.39 is 11.7 Å². The van der Waals surface area contributed by atoms with Gasteiger partial charge in [0.05, 0.1) is 24.8 Å². The Balaban J connectivity index is 0.00000363. The van der Waals surface area contributed by atoms with Crippen molar-refractivity contribution in [3.63, 3.8) is 0 Å². The fraction of sp³-hybridized carbons (Fsp3) is 0.455. The van der Waals surface area contributed by atoms with Gasteiger partial charge in [0, 0.05) is 32.4 Å². The first-order valence-corrected chi connectivity index (χ1v) is 10.3. The lowest BCUT2D eigenvalue weighted by molar-refractivity contribution is -0.137. The van der Waals surface area contributed by atoms with Crippen molar-refractivity contribution in [2.75, 3.05) is 31.1 Å². The van der Waals surface area contributed by atoms with Crippen LogP contribution in [0.3, 0.4) is 0 Å². The van der Waals surface area contributed by atoms with Crippen LogP contribution in [0.5, 0.6) is 0 Å². The van der Waals surface area contributed by atoms with Crippen molar-refractivity contribution in [1.29, 1.82) is 0 Å². The lowest BCUT2D eigenvalue weighted by Crippen LogP contribution is -2.41. The van der Waals surface area contributed by atoms with Gasteiger partial charge in [-0.05, 0) is 43.2 Å². The van der Waals surface area contributed by atoms with Crippen LogP contribution in [-0.4, -0.2) is 43.3 Å². The molecule has 3 rings (SSSR count). The standard InChI is InChI=1S/C22H28F3N5O.HI/c1-3-26-21(28-12-17-5-4-6-19(11-17)22(23,24)25)29-14-18-7-8-20(27-13-18)30-9-10-31-16(2)15-30;/h4-8,11,13,16H,3,9-10,12,14-15H2,1-2H3,(H2,26,28,29);1H. The summed E-state index contributed by atoms with van der Waals surface area (Å²) in [5, 5.41) is 6.19. The SMILES string of the molecule is CCNC(=NCc1ccc(N2CCOC(C)C2)nc1)NCc1cccc(C(F)(F)F)c1.I. The van der Waals surface area contributed by atoms with Crippen molar-refractivity contribution < 1.29 is 17.9 Å². The quantitative estimate of drug-likeness (QED) is 0.314. The number of hydrogen-bond donors (Lipinski definition) is 2. The van der Waals surface area contributed by atoms with E-state index in [-0.39, 0.29) is 36.6 Å². The number of benzene rings is 1. The van der Waals surface area contributed by atoms with E-state index >= 15 is 0 Å². The van der Waals surface area contributed by atoms with E-state index in [0.717, 1.165) is 36.6 Å². The Labute approximate surface area is 203 Å². The highest BCUT2D eigenvalue weighted by Crippen LogP contribution is 2.29. The number of alkyl halides is 3. The van der Waals surface area contributed by atoms with E-state index in [9.17, 15) is 13.2 Å². The summed E-state index contributed by atoms with van der Waals surface area (Å²) in [5.41, 5.74) is 0.821. The number of morpholine rings is 1. The monoisotopic (exact) mass is 563 g/mol. The molecule has 1 fully saturated rings. The highest BCUT2D eigenvalue weighted by Gasteiger charge is 2.30. The van der Waals surface area contributed by atoms with Gasteiger partial charge >= 0.3 is 6.18 Å². The third-order valence-corrected chi connectivity index (χ3v) is 4.85. The van der Waals surface area contributed by atoms with Crippen molar-refractivity contribution in [2.45, 2.75) is 39.2 Å². The van der Waals surface area contributed by atoms with E-state index in [0.29, 0.717) is 31.2 Å². The number of aromatic nitrogens is 1. The maximum Gasteiger partial charge on any atom is 0.416 e. The van der Waals surface area contributed by atoms with Crippen LogP contribution in [0.25, 0.3) is 0 Å². The molecule has 1 aliphatic rings. The van der Waals surface area contributed by atoms with Crippen molar-refractivity contribution in [1.82, 2.24) is 15.6 Å². The summed E-state index contributed by atoms with van der Waals surface area (Å²) in [4.78, 5) is 11.3. The molecule has 10 heteroatoms. The number of anilines is 1. The molecule has 1 aliphatic heterocycles. The summed E-state index contributed by atoms with van der Waals surface area (Å²) < 4.78 is 44.2. The van der Waals surface area contributed by atoms with Gasteiger partial charge in [-0.15, -0.1) is 24.0 Å². The summed E-state index contributed by atoms with van der Waals surface area (Å²) in [6.07, 6.45) is -2.37. The molecule has 0 amide bonds. The topological polar surface area (TPSA) is 61.8 Å². The Hall–Kier alpha value is -2.08. The second kappa shape index (κ2) is 12.2. The Morgan fingerprint density at radius 2 is 2.03 bits per heavy atom. The van der Waals surface area contributed by atoms with Crippen molar-refractivity contribution in [3.8, 4) is 0 Å². The Morgan fingerprint density at radius 3 is 2.69 bits per heavy atom. The van der Waals surface area contributed by atoms with Gasteiger partial charge in [-0.2, -0.15) is 13.2 Å². The number of nitrogens with one attached hydrogen (secondary N) is 2. The van der Waals surface area contributed by atoms with Gasteiger partial charge < -0.3 is 20.3 Å². The van der Waals surface area contributed by atoms with E-state index in [4.69, 9.17) is 4.74 Å². The molecule has 2 aromatic rings. The van der Waals surface area contributed by atoms with Gasteiger partial charge in [-0.25, -0.2) is 9.98 Å². The molecule has 1 unspecified atom stereocenters. The minimum atomic E-state index is -4.35. The largest absolute Gasteiger partial charge is 0.416 e. The van der Waals surface area contributed by atoms with Crippen LogP contribution < -0.4 is 15.5 Å². The molecule has 6 nitrogen and oxygen atoms in total. The van der Waals surface area contributed by atoms with Crippen LogP contribution in [-0.2, 0) is 24.0 Å². The first-order chi connectivity index (χ1) is 14.8. The van der Waals surface area contributed by atoms with Gasteiger partial charge in [0.15, 0.2) is 5.96 Å². The Morgan fingerprint density at radius 1 is 1.22 bits per heavy atom. The fourth-order valence-electron chi connectivity index (χ4n) is 3.28. The van der Waals surface area contributed by atoms with Crippen molar-refractivity contribution in [2.24, 2.45) is 4.99 Å². The molecular formula is C22H29F3IN5O. The molecule has 32 heavy (non-hydrogen) atoms. The van der Waals surface area contributed by atoms with Crippen LogP contribution in [0.4, 0.5) is 19.0 Å². The van der Waals surface area contributed by atoms with Crippen LogP contribution >= 0.6 is 24.0 Å². The number of rotatable bonds is 6. The van der Waals surface area contributed by atoms with Gasteiger partial charge in [0.1, 0.15) is 5.82 Å². The number of nitrogens with zero attached hydrogens (tertiary/aromatic N) is 3. The summed E-state index contributed by atoms with van der Waals surface area (Å²) in [6.45, 7) is 7.59. The molecule has 1 aromatic heterocycles.